The van der Waals surface area contributed by atoms with Gasteiger partial charge in [0.05, 0.1) is 31.3 Å². The fourth-order valence-corrected chi connectivity index (χ4v) is 6.33. The minimum Gasteiger partial charge on any atom is -0.480 e. The number of carboxylic acid groups (broad SMARTS) is 1. The number of carbonyl (C=O) groups excluding carboxylic acids is 1. The fourth-order valence-electron chi connectivity index (χ4n) is 5.74. The molecule has 0 amide bonds. The average molecular weight is 564 g/mol. The van der Waals surface area contributed by atoms with Crippen molar-refractivity contribution in [2.24, 2.45) is 4.99 Å². The maximum atomic E-state index is 15.2. The molecule has 2 unspecified atom stereocenters. The van der Waals surface area contributed by atoms with Crippen LogP contribution in [0.2, 0.25) is 0 Å². The van der Waals surface area contributed by atoms with Gasteiger partial charge in [0, 0.05) is 36.4 Å². The molecule has 39 heavy (non-hydrogen) atoms. The number of hydrogen-bond donors (Lipinski definition) is 2. The number of alkyl halides is 2. The van der Waals surface area contributed by atoms with Gasteiger partial charge in [-0.05, 0) is 37.5 Å². The van der Waals surface area contributed by atoms with Gasteiger partial charge in [0.25, 0.3) is 5.92 Å². The lowest BCUT2D eigenvalue weighted by Crippen LogP contribution is -2.47. The highest BCUT2D eigenvalue weighted by atomic mass is 32.1. The van der Waals surface area contributed by atoms with Crippen molar-refractivity contribution in [3.63, 3.8) is 0 Å². The molecule has 0 bridgehead atoms. The first kappa shape index (κ1) is 27.3. The van der Waals surface area contributed by atoms with Crippen molar-refractivity contribution < 1.29 is 32.6 Å². The molecule has 3 atom stereocenters. The van der Waals surface area contributed by atoms with E-state index in [2.05, 4.69) is 10.3 Å². The summed E-state index contributed by atoms with van der Waals surface area (Å²) < 4.78 is 50.5. The summed E-state index contributed by atoms with van der Waals surface area (Å²) in [7, 11) is 0. The number of thiazole rings is 1. The number of fused-ring (bicyclic) bond motifs is 1. The number of hydrogen-bond acceptors (Lipinski definition) is 9. The lowest BCUT2D eigenvalue weighted by atomic mass is 9.92. The number of likely N-dealkylation sites (tertiary alicyclic amines) is 2. The zero-order valence-corrected chi connectivity index (χ0v) is 22.2. The SMILES string of the molecule is CCOC(=O)C1=C(CN2CC(F)(F)C3C2CCN3CC(=O)O)NC(c2nccs2)=N[C@H]1c1cccc(F)c1C. The van der Waals surface area contributed by atoms with Crippen molar-refractivity contribution in [3.05, 3.63) is 63.0 Å². The predicted molar refractivity (Wildman–Crippen MR) is 137 cm³/mol. The Morgan fingerprint density at radius 3 is 2.79 bits per heavy atom. The Morgan fingerprint density at radius 1 is 1.31 bits per heavy atom. The van der Waals surface area contributed by atoms with Crippen LogP contribution in [0.1, 0.15) is 35.5 Å². The summed E-state index contributed by atoms with van der Waals surface area (Å²) in [6.45, 7) is 2.40. The van der Waals surface area contributed by atoms with Crippen LogP contribution in [0.5, 0.6) is 0 Å². The molecular formula is C26H28F3N5O4S. The first-order valence-electron chi connectivity index (χ1n) is 12.6. The second-order valence-electron chi connectivity index (χ2n) is 9.74. The van der Waals surface area contributed by atoms with Gasteiger partial charge in [0.15, 0.2) is 10.8 Å². The van der Waals surface area contributed by atoms with E-state index in [1.807, 2.05) is 0 Å². The first-order valence-corrected chi connectivity index (χ1v) is 13.5. The fraction of sp³-hybridized carbons (Fsp3) is 0.462. The maximum Gasteiger partial charge on any atom is 0.338 e. The number of aliphatic imine (C=N–C) groups is 1. The molecule has 1 aromatic carbocycles. The van der Waals surface area contributed by atoms with Gasteiger partial charge >= 0.3 is 11.9 Å². The summed E-state index contributed by atoms with van der Waals surface area (Å²) >= 11 is 1.31. The molecule has 1 aromatic heterocycles. The lowest BCUT2D eigenvalue weighted by Gasteiger charge is -2.31. The van der Waals surface area contributed by atoms with Gasteiger partial charge in [0.1, 0.15) is 11.9 Å². The van der Waals surface area contributed by atoms with Crippen LogP contribution in [0.3, 0.4) is 0 Å². The van der Waals surface area contributed by atoms with Crippen LogP contribution in [-0.4, -0.2) is 88.5 Å². The van der Waals surface area contributed by atoms with Crippen LogP contribution >= 0.6 is 11.3 Å². The molecule has 0 spiro atoms. The number of aliphatic carboxylic acids is 1. The molecule has 13 heteroatoms. The highest BCUT2D eigenvalue weighted by Crippen LogP contribution is 2.42. The van der Waals surface area contributed by atoms with Crippen molar-refractivity contribution in [3.8, 4) is 0 Å². The Kier molecular flexibility index (Phi) is 7.49. The van der Waals surface area contributed by atoms with Gasteiger partial charge in [-0.1, -0.05) is 12.1 Å². The van der Waals surface area contributed by atoms with E-state index in [-0.39, 0.29) is 25.3 Å². The monoisotopic (exact) mass is 563 g/mol. The van der Waals surface area contributed by atoms with E-state index in [0.29, 0.717) is 34.1 Å². The number of amidine groups is 1. The van der Waals surface area contributed by atoms with Gasteiger partial charge in [0.2, 0.25) is 0 Å². The maximum absolute atomic E-state index is 15.2. The van der Waals surface area contributed by atoms with Crippen LogP contribution in [0.15, 0.2) is 46.0 Å². The third-order valence-electron chi connectivity index (χ3n) is 7.35. The highest BCUT2D eigenvalue weighted by molar-refractivity contribution is 7.11. The van der Waals surface area contributed by atoms with Crippen LogP contribution in [0, 0.1) is 12.7 Å². The first-order chi connectivity index (χ1) is 18.6. The number of benzene rings is 1. The molecule has 0 saturated carbocycles. The molecule has 0 radical (unpaired) electrons. The number of carboxylic acids is 1. The van der Waals surface area contributed by atoms with Gasteiger partial charge in [-0.2, -0.15) is 0 Å². The van der Waals surface area contributed by atoms with E-state index in [1.54, 1.807) is 36.4 Å². The minimum absolute atomic E-state index is 0.0684. The zero-order chi connectivity index (χ0) is 27.9. The van der Waals surface area contributed by atoms with Crippen LogP contribution < -0.4 is 5.32 Å². The second kappa shape index (κ2) is 10.7. The lowest BCUT2D eigenvalue weighted by molar-refractivity contribution is -0.140. The van der Waals surface area contributed by atoms with Crippen molar-refractivity contribution in [2.75, 3.05) is 32.8 Å². The third kappa shape index (κ3) is 5.18. The third-order valence-corrected chi connectivity index (χ3v) is 8.13. The molecule has 5 rings (SSSR count). The number of esters is 1. The number of aromatic nitrogens is 1. The highest BCUT2D eigenvalue weighted by Gasteiger charge is 2.59. The summed E-state index contributed by atoms with van der Waals surface area (Å²) in [6.07, 6.45) is 1.95. The Hall–Kier alpha value is -3.29. The van der Waals surface area contributed by atoms with Crippen LogP contribution in [-0.2, 0) is 14.3 Å². The molecule has 2 fully saturated rings. The Balaban J connectivity index is 1.58. The molecule has 3 aliphatic heterocycles. The number of ether oxygens (including phenoxy) is 1. The number of carbonyl (C=O) groups is 2. The standard InChI is InChI=1S/C26H28F3N5O4S/c1-3-38-25(37)20-17(11-34-13-26(28,29)22-18(34)7-9-33(22)12-19(35)36)31-23(24-30-8-10-39-24)32-21(20)15-5-4-6-16(27)14(15)2/h4-6,8,10,18,21-22H,3,7,9,11-13H2,1-2H3,(H,31,32)(H,35,36)/t18?,21-,22?/m0/s1. The molecule has 9 nitrogen and oxygen atoms in total. The van der Waals surface area contributed by atoms with Gasteiger partial charge in [-0.25, -0.2) is 22.9 Å². The topological polar surface area (TPSA) is 107 Å². The minimum atomic E-state index is -3.15. The van der Waals surface area contributed by atoms with Crippen molar-refractivity contribution >= 4 is 29.1 Å². The molecule has 208 valence electrons. The summed E-state index contributed by atoms with van der Waals surface area (Å²) in [5.41, 5.74) is 1.18. The molecule has 0 aliphatic carbocycles. The van der Waals surface area contributed by atoms with E-state index in [9.17, 15) is 19.1 Å². The smallest absolute Gasteiger partial charge is 0.338 e. The number of nitrogens with one attached hydrogen (secondary N) is 1. The Morgan fingerprint density at radius 2 is 2.10 bits per heavy atom. The molecule has 2 saturated heterocycles. The molecule has 2 aromatic rings. The van der Waals surface area contributed by atoms with E-state index >= 15 is 8.78 Å². The van der Waals surface area contributed by atoms with Crippen LogP contribution in [0.25, 0.3) is 0 Å². The summed E-state index contributed by atoms with van der Waals surface area (Å²) in [5.74, 6) is -5.13. The summed E-state index contributed by atoms with van der Waals surface area (Å²) in [6, 6.07) is 1.69. The van der Waals surface area contributed by atoms with E-state index in [4.69, 9.17) is 9.73 Å². The van der Waals surface area contributed by atoms with Crippen molar-refractivity contribution in [2.45, 2.75) is 44.3 Å². The largest absolute Gasteiger partial charge is 0.480 e. The molecule has 2 N–H and O–H groups in total. The number of nitrogens with zero attached hydrogens (tertiary/aromatic N) is 4. The van der Waals surface area contributed by atoms with E-state index in [0.717, 1.165) is 0 Å². The van der Waals surface area contributed by atoms with Gasteiger partial charge in [-0.3, -0.25) is 19.6 Å². The zero-order valence-electron chi connectivity index (χ0n) is 21.4. The average Bonchev–Trinajstić information content (AvgIpc) is 3.60. The molecule has 4 heterocycles. The summed E-state index contributed by atoms with van der Waals surface area (Å²) in [4.78, 5) is 36.6. The van der Waals surface area contributed by atoms with E-state index in [1.165, 1.54) is 28.4 Å². The molecule has 3 aliphatic rings. The number of rotatable bonds is 8. The van der Waals surface area contributed by atoms with Crippen LogP contribution in [0.4, 0.5) is 13.2 Å². The second-order valence-corrected chi connectivity index (χ2v) is 10.6. The van der Waals surface area contributed by atoms with Crippen molar-refractivity contribution in [1.29, 1.82) is 0 Å². The Labute approximate surface area is 227 Å². The Bertz CT molecular complexity index is 1330. The number of halogens is 3. The predicted octanol–water partition coefficient (Wildman–Crippen LogP) is 2.98. The van der Waals surface area contributed by atoms with Gasteiger partial charge < -0.3 is 15.2 Å². The van der Waals surface area contributed by atoms with Crippen molar-refractivity contribution in [1.82, 2.24) is 20.1 Å². The molecular weight excluding hydrogens is 535 g/mol. The van der Waals surface area contributed by atoms with Gasteiger partial charge in [-0.15, -0.1) is 11.3 Å². The van der Waals surface area contributed by atoms with E-state index < -0.39 is 54.9 Å². The summed E-state index contributed by atoms with van der Waals surface area (Å²) in [5, 5.41) is 14.6. The quantitative estimate of drug-likeness (QED) is 0.473. The normalized spacial score (nSPS) is 24.8.